The fourth-order valence-electron chi connectivity index (χ4n) is 5.53. The molecule has 0 bridgehead atoms. The molecule has 3 aromatic rings. The maximum absolute atomic E-state index is 13.9. The molecule has 8 nitrogen and oxygen atoms in total. The van der Waals surface area contributed by atoms with Gasteiger partial charge in [-0.25, -0.2) is 4.79 Å². The molecule has 2 heterocycles. The molecule has 0 radical (unpaired) electrons. The number of benzene rings is 3. The third-order valence-electron chi connectivity index (χ3n) is 7.83. The van der Waals surface area contributed by atoms with Gasteiger partial charge in [0, 0.05) is 41.1 Å². The van der Waals surface area contributed by atoms with Crippen LogP contribution in [0.25, 0.3) is 0 Å². The Bertz CT molecular complexity index is 1410. The molecule has 0 aromatic heterocycles. The monoisotopic (exact) mass is 593 g/mol. The Morgan fingerprint density at radius 3 is 2.34 bits per heavy atom. The second-order valence-electron chi connectivity index (χ2n) is 10.6. The second kappa shape index (κ2) is 12.4. The van der Waals surface area contributed by atoms with Gasteiger partial charge < -0.3 is 25.3 Å². The minimum absolute atomic E-state index is 0.0457. The van der Waals surface area contributed by atoms with Crippen molar-refractivity contribution in [3.63, 3.8) is 0 Å². The molecule has 5 rings (SSSR count). The lowest BCUT2D eigenvalue weighted by molar-refractivity contribution is -0.137. The van der Waals surface area contributed by atoms with Gasteiger partial charge in [-0.3, -0.25) is 9.59 Å². The lowest BCUT2D eigenvalue weighted by Crippen LogP contribution is -2.58. The van der Waals surface area contributed by atoms with Gasteiger partial charge in [-0.1, -0.05) is 65.2 Å². The summed E-state index contributed by atoms with van der Waals surface area (Å²) in [5, 5.41) is 6.98. The molecule has 10 heteroatoms. The standard InChI is InChI=1S/C31H33Cl2N5O3/c1-22-7-11-25(12-8-22)35-30(41)36-17-14-31(15-18-36)29(40)37(21-38(31)26-5-3-2-4-6-26)20-28(39)34-16-13-23-9-10-24(32)19-27(23)33/h2-12,19H,13-18,20-21H2,1H3,(H,34,39)(H,35,41). The number of aryl methyl sites for hydroxylation is 1. The zero-order valence-corrected chi connectivity index (χ0v) is 24.4. The van der Waals surface area contributed by atoms with Crippen molar-refractivity contribution in [2.45, 2.75) is 31.7 Å². The molecule has 1 spiro atoms. The first-order valence-electron chi connectivity index (χ1n) is 13.7. The van der Waals surface area contributed by atoms with E-state index in [1.807, 2.05) is 67.6 Å². The van der Waals surface area contributed by atoms with Crippen LogP contribution in [0.4, 0.5) is 16.2 Å². The number of hydrogen-bond acceptors (Lipinski definition) is 4. The summed E-state index contributed by atoms with van der Waals surface area (Å²) in [6.07, 6.45) is 1.49. The van der Waals surface area contributed by atoms with E-state index in [2.05, 4.69) is 15.5 Å². The number of nitrogens with zero attached hydrogens (tertiary/aromatic N) is 3. The van der Waals surface area contributed by atoms with Gasteiger partial charge in [0.05, 0.1) is 6.67 Å². The fraction of sp³-hybridized carbons (Fsp3) is 0.323. The van der Waals surface area contributed by atoms with Gasteiger partial charge in [0.15, 0.2) is 0 Å². The van der Waals surface area contributed by atoms with Crippen LogP contribution in [-0.4, -0.2) is 66.0 Å². The summed E-state index contributed by atoms with van der Waals surface area (Å²) in [5.74, 6) is -0.320. The van der Waals surface area contributed by atoms with E-state index in [1.54, 1.807) is 21.9 Å². The van der Waals surface area contributed by atoms with Crippen LogP contribution in [0.3, 0.4) is 0 Å². The van der Waals surface area contributed by atoms with E-state index in [0.29, 0.717) is 55.6 Å². The first-order chi connectivity index (χ1) is 19.7. The number of likely N-dealkylation sites (tertiary alicyclic amines) is 1. The van der Waals surface area contributed by atoms with E-state index in [9.17, 15) is 14.4 Å². The Morgan fingerprint density at radius 2 is 1.66 bits per heavy atom. The smallest absolute Gasteiger partial charge is 0.321 e. The number of para-hydroxylation sites is 1. The van der Waals surface area contributed by atoms with E-state index in [4.69, 9.17) is 23.2 Å². The van der Waals surface area contributed by atoms with Crippen LogP contribution in [0.15, 0.2) is 72.8 Å². The molecule has 0 unspecified atom stereocenters. The van der Waals surface area contributed by atoms with E-state index in [0.717, 1.165) is 22.5 Å². The number of urea groups is 1. The molecular formula is C31H33Cl2N5O3. The number of amides is 4. The number of anilines is 2. The van der Waals surface area contributed by atoms with Crippen LogP contribution < -0.4 is 15.5 Å². The molecule has 41 heavy (non-hydrogen) atoms. The van der Waals surface area contributed by atoms with Crippen LogP contribution in [0.5, 0.6) is 0 Å². The van der Waals surface area contributed by atoms with Crippen molar-refractivity contribution in [1.29, 1.82) is 0 Å². The van der Waals surface area contributed by atoms with Crippen LogP contribution >= 0.6 is 23.2 Å². The van der Waals surface area contributed by atoms with Crippen molar-refractivity contribution in [3.8, 4) is 0 Å². The molecule has 2 aliphatic heterocycles. The number of rotatable bonds is 7. The van der Waals surface area contributed by atoms with E-state index >= 15 is 0 Å². The minimum Gasteiger partial charge on any atom is -0.354 e. The van der Waals surface area contributed by atoms with E-state index < -0.39 is 5.54 Å². The second-order valence-corrected chi connectivity index (χ2v) is 11.4. The molecular weight excluding hydrogens is 561 g/mol. The van der Waals surface area contributed by atoms with Crippen LogP contribution in [0, 0.1) is 6.92 Å². The highest BCUT2D eigenvalue weighted by molar-refractivity contribution is 6.35. The number of carbonyl (C=O) groups excluding carboxylic acids is 3. The van der Waals surface area contributed by atoms with E-state index in [-0.39, 0.29) is 24.4 Å². The van der Waals surface area contributed by atoms with Gasteiger partial charge in [-0.05, 0) is 68.1 Å². The number of piperidine rings is 1. The van der Waals surface area contributed by atoms with Crippen molar-refractivity contribution in [2.75, 3.05) is 43.1 Å². The quantitative estimate of drug-likeness (QED) is 0.387. The Balaban J connectivity index is 1.23. The van der Waals surface area contributed by atoms with Crippen molar-refractivity contribution in [3.05, 3.63) is 94.0 Å². The van der Waals surface area contributed by atoms with Crippen molar-refractivity contribution in [2.24, 2.45) is 0 Å². The summed E-state index contributed by atoms with van der Waals surface area (Å²) in [6, 6.07) is 22.5. The molecule has 2 aliphatic rings. The molecule has 2 fully saturated rings. The Hall–Kier alpha value is -3.75. The van der Waals surface area contributed by atoms with Gasteiger partial charge in [0.2, 0.25) is 5.91 Å². The molecule has 3 aromatic carbocycles. The van der Waals surface area contributed by atoms with Gasteiger partial charge in [-0.15, -0.1) is 0 Å². The molecule has 214 valence electrons. The molecule has 2 saturated heterocycles. The molecule has 4 amide bonds. The lowest BCUT2D eigenvalue weighted by atomic mass is 9.85. The lowest BCUT2D eigenvalue weighted by Gasteiger charge is -2.43. The summed E-state index contributed by atoms with van der Waals surface area (Å²) >= 11 is 12.2. The van der Waals surface area contributed by atoms with Gasteiger partial charge >= 0.3 is 6.03 Å². The average Bonchev–Trinajstić information content (AvgIpc) is 3.22. The molecule has 0 saturated carbocycles. The molecule has 0 atom stereocenters. The number of nitrogens with one attached hydrogen (secondary N) is 2. The first-order valence-corrected chi connectivity index (χ1v) is 14.5. The Morgan fingerprint density at radius 1 is 0.951 bits per heavy atom. The zero-order valence-electron chi connectivity index (χ0n) is 22.9. The fourth-order valence-corrected chi connectivity index (χ4v) is 6.03. The highest BCUT2D eigenvalue weighted by Crippen LogP contribution is 2.39. The maximum atomic E-state index is 13.9. The predicted molar refractivity (Wildman–Crippen MR) is 162 cm³/mol. The van der Waals surface area contributed by atoms with Gasteiger partial charge in [0.25, 0.3) is 5.91 Å². The third kappa shape index (κ3) is 6.44. The highest BCUT2D eigenvalue weighted by atomic mass is 35.5. The van der Waals surface area contributed by atoms with Crippen LogP contribution in [0.1, 0.15) is 24.0 Å². The molecule has 2 N–H and O–H groups in total. The number of carbonyl (C=O) groups is 3. The highest BCUT2D eigenvalue weighted by Gasteiger charge is 2.54. The van der Waals surface area contributed by atoms with Gasteiger partial charge in [0.1, 0.15) is 12.1 Å². The third-order valence-corrected chi connectivity index (χ3v) is 8.42. The summed E-state index contributed by atoms with van der Waals surface area (Å²) in [5.41, 5.74) is 2.84. The summed E-state index contributed by atoms with van der Waals surface area (Å²) in [6.45, 7) is 3.49. The van der Waals surface area contributed by atoms with Crippen molar-refractivity contribution >= 4 is 52.4 Å². The maximum Gasteiger partial charge on any atom is 0.321 e. The van der Waals surface area contributed by atoms with Gasteiger partial charge in [-0.2, -0.15) is 0 Å². The summed E-state index contributed by atoms with van der Waals surface area (Å²) < 4.78 is 0. The predicted octanol–water partition coefficient (Wildman–Crippen LogP) is 5.33. The van der Waals surface area contributed by atoms with Crippen molar-refractivity contribution in [1.82, 2.24) is 15.1 Å². The zero-order chi connectivity index (χ0) is 29.0. The topological polar surface area (TPSA) is 85.0 Å². The summed E-state index contributed by atoms with van der Waals surface area (Å²) in [4.78, 5) is 45.2. The minimum atomic E-state index is -0.820. The first kappa shape index (κ1) is 28.8. The van der Waals surface area contributed by atoms with Crippen LogP contribution in [-0.2, 0) is 16.0 Å². The normalized spacial score (nSPS) is 16.3. The largest absolute Gasteiger partial charge is 0.354 e. The number of hydrogen-bond donors (Lipinski definition) is 2. The SMILES string of the molecule is Cc1ccc(NC(=O)N2CCC3(CC2)C(=O)N(CC(=O)NCCc2ccc(Cl)cc2Cl)CN3c2ccccc2)cc1. The average molecular weight is 595 g/mol. The van der Waals surface area contributed by atoms with Crippen LogP contribution in [0.2, 0.25) is 10.0 Å². The molecule has 0 aliphatic carbocycles. The Kier molecular flexibility index (Phi) is 8.71. The van der Waals surface area contributed by atoms with E-state index in [1.165, 1.54) is 0 Å². The number of halogens is 2. The summed E-state index contributed by atoms with van der Waals surface area (Å²) in [7, 11) is 0. The van der Waals surface area contributed by atoms with Crippen molar-refractivity contribution < 1.29 is 14.4 Å². The Labute approximate surface area is 250 Å².